The Kier molecular flexibility index (Phi) is 5.17. The van der Waals surface area contributed by atoms with Crippen molar-refractivity contribution in [3.05, 3.63) is 145 Å². The number of aryl methyl sites for hydroxylation is 1. The van der Waals surface area contributed by atoms with Crippen molar-refractivity contribution in [1.82, 2.24) is 9.55 Å². The minimum Gasteiger partial charge on any atom is -0.455 e. The maximum Gasteiger partial charge on any atom is 0.147 e. The Labute approximate surface area is 263 Å². The van der Waals surface area contributed by atoms with Gasteiger partial charge in [-0.15, -0.1) is 0 Å². The predicted molar refractivity (Wildman–Crippen MR) is 189 cm³/mol. The summed E-state index contributed by atoms with van der Waals surface area (Å²) in [5.74, 6) is 0.974. The Morgan fingerprint density at radius 1 is 0.500 bits per heavy atom. The molecule has 0 amide bonds. The first-order valence-corrected chi connectivity index (χ1v) is 15.5. The number of benzene rings is 7. The number of fused-ring (bicyclic) bond motifs is 8. The van der Waals surface area contributed by atoms with Gasteiger partial charge in [-0.3, -0.25) is 4.57 Å². The third-order valence-electron chi connectivity index (χ3n) is 9.31. The summed E-state index contributed by atoms with van der Waals surface area (Å²) in [6.07, 6.45) is 0. The van der Waals surface area contributed by atoms with E-state index in [4.69, 9.17) is 13.8 Å². The van der Waals surface area contributed by atoms with E-state index in [2.05, 4.69) is 121 Å². The fraction of sp³-hybridized carbons (Fsp3) is 0.0238. The number of aromatic nitrogens is 2. The first kappa shape index (κ1) is 25.2. The van der Waals surface area contributed by atoms with E-state index in [1.165, 1.54) is 10.9 Å². The van der Waals surface area contributed by atoms with E-state index >= 15 is 0 Å². The molecule has 0 unspecified atom stereocenters. The van der Waals surface area contributed by atoms with Crippen LogP contribution in [-0.4, -0.2) is 9.55 Å². The lowest BCUT2D eigenvalue weighted by molar-refractivity contribution is 0.658. The van der Waals surface area contributed by atoms with E-state index in [0.717, 1.165) is 88.5 Å². The number of hydrogen-bond acceptors (Lipinski definition) is 3. The van der Waals surface area contributed by atoms with Crippen molar-refractivity contribution in [2.24, 2.45) is 0 Å². The van der Waals surface area contributed by atoms with Crippen LogP contribution in [0.3, 0.4) is 0 Å². The molecule has 3 aromatic heterocycles. The van der Waals surface area contributed by atoms with Gasteiger partial charge < -0.3 is 8.83 Å². The Hall–Kier alpha value is -6.13. The fourth-order valence-electron chi connectivity index (χ4n) is 7.18. The molecule has 3 heterocycles. The van der Waals surface area contributed by atoms with Crippen LogP contribution in [0.15, 0.2) is 148 Å². The number of nitrogens with zero attached hydrogens (tertiary/aromatic N) is 2. The van der Waals surface area contributed by atoms with E-state index in [1.54, 1.807) is 0 Å². The molecule has 0 fully saturated rings. The van der Waals surface area contributed by atoms with E-state index < -0.39 is 0 Å². The third kappa shape index (κ3) is 3.64. The third-order valence-corrected chi connectivity index (χ3v) is 9.31. The van der Waals surface area contributed by atoms with E-state index in [-0.39, 0.29) is 0 Å². The van der Waals surface area contributed by atoms with Crippen LogP contribution in [0.2, 0.25) is 0 Å². The van der Waals surface area contributed by atoms with Gasteiger partial charge in [0.2, 0.25) is 0 Å². The zero-order valence-corrected chi connectivity index (χ0v) is 25.0. The molecule has 4 heteroatoms. The van der Waals surface area contributed by atoms with Gasteiger partial charge in [0.25, 0.3) is 0 Å². The summed E-state index contributed by atoms with van der Waals surface area (Å²) >= 11 is 0. The zero-order chi connectivity index (χ0) is 30.4. The van der Waals surface area contributed by atoms with Gasteiger partial charge in [-0.1, -0.05) is 84.9 Å². The van der Waals surface area contributed by atoms with Gasteiger partial charge in [-0.2, -0.15) is 0 Å². The fourth-order valence-corrected chi connectivity index (χ4v) is 7.18. The van der Waals surface area contributed by atoms with Crippen molar-refractivity contribution in [3.8, 4) is 27.9 Å². The van der Waals surface area contributed by atoms with E-state index in [1.807, 2.05) is 30.3 Å². The first-order chi connectivity index (χ1) is 22.7. The molecular formula is C42H26N2O2. The molecule has 10 rings (SSSR count). The second kappa shape index (κ2) is 9.43. The lowest BCUT2D eigenvalue weighted by Crippen LogP contribution is -1.97. The average Bonchev–Trinajstić information content (AvgIpc) is 3.77. The lowest BCUT2D eigenvalue weighted by Gasteiger charge is -2.11. The standard InChI is InChI=1S/C42H26N2O2/c1-25-43-36-13-4-5-14-37(36)44(25)31-10-8-9-26(23-31)27-17-18-29-22-30(20-19-28(29)21-27)40-41-34(32-11-2-6-15-38(32)45-41)24-35-33-12-3-7-16-39(33)46-42(35)40/h2-24H,1H3. The minimum absolute atomic E-state index is 0.850. The largest absolute Gasteiger partial charge is 0.455 e. The van der Waals surface area contributed by atoms with Crippen LogP contribution in [0.5, 0.6) is 0 Å². The van der Waals surface area contributed by atoms with Crippen molar-refractivity contribution in [2.75, 3.05) is 0 Å². The van der Waals surface area contributed by atoms with Gasteiger partial charge >= 0.3 is 0 Å². The highest BCUT2D eigenvalue weighted by Crippen LogP contribution is 2.45. The summed E-state index contributed by atoms with van der Waals surface area (Å²) in [5, 5.41) is 6.75. The monoisotopic (exact) mass is 590 g/mol. The van der Waals surface area contributed by atoms with Crippen molar-refractivity contribution in [2.45, 2.75) is 6.92 Å². The quantitative estimate of drug-likeness (QED) is 0.206. The van der Waals surface area contributed by atoms with Crippen LogP contribution in [0.4, 0.5) is 0 Å². The van der Waals surface area contributed by atoms with Crippen molar-refractivity contribution in [3.63, 3.8) is 0 Å². The molecule has 0 saturated heterocycles. The van der Waals surface area contributed by atoms with Crippen LogP contribution in [0, 0.1) is 6.92 Å². The lowest BCUT2D eigenvalue weighted by atomic mass is 9.95. The molecule has 0 aliphatic rings. The molecule has 0 aliphatic carbocycles. The number of hydrogen-bond donors (Lipinski definition) is 0. The molecule has 0 aliphatic heterocycles. The molecule has 4 nitrogen and oxygen atoms in total. The SMILES string of the molecule is Cc1nc2ccccc2n1-c1cccc(-c2ccc3cc(-c4c5oc6ccccc6c5cc5c4oc4ccccc45)ccc3c2)c1. The highest BCUT2D eigenvalue weighted by Gasteiger charge is 2.21. The van der Waals surface area contributed by atoms with Crippen molar-refractivity contribution < 1.29 is 8.83 Å². The van der Waals surface area contributed by atoms with Crippen LogP contribution in [0.25, 0.3) is 93.6 Å². The van der Waals surface area contributed by atoms with Crippen LogP contribution in [0.1, 0.15) is 5.82 Å². The second-order valence-corrected chi connectivity index (χ2v) is 12.0. The Bertz CT molecular complexity index is 2740. The van der Waals surface area contributed by atoms with Crippen LogP contribution >= 0.6 is 0 Å². The maximum absolute atomic E-state index is 6.54. The van der Waals surface area contributed by atoms with Gasteiger partial charge in [0.1, 0.15) is 28.2 Å². The normalized spacial score (nSPS) is 12.0. The molecule has 0 spiro atoms. The molecule has 0 saturated carbocycles. The Morgan fingerprint density at radius 3 is 1.85 bits per heavy atom. The summed E-state index contributed by atoms with van der Waals surface area (Å²) in [6.45, 7) is 2.06. The average molecular weight is 591 g/mol. The predicted octanol–water partition coefficient (Wildman–Crippen LogP) is 11.6. The molecule has 0 atom stereocenters. The van der Waals surface area contributed by atoms with Crippen molar-refractivity contribution in [1.29, 1.82) is 0 Å². The van der Waals surface area contributed by atoms with Gasteiger partial charge in [-0.25, -0.2) is 4.98 Å². The summed E-state index contributed by atoms with van der Waals surface area (Å²) in [5.41, 5.74) is 11.1. The van der Waals surface area contributed by atoms with E-state index in [0.29, 0.717) is 0 Å². The number of rotatable bonds is 3. The van der Waals surface area contributed by atoms with Crippen LogP contribution in [-0.2, 0) is 0 Å². The number of para-hydroxylation sites is 4. The number of imidazole rings is 1. The summed E-state index contributed by atoms with van der Waals surface area (Å²) < 4.78 is 15.3. The molecule has 10 aromatic rings. The summed E-state index contributed by atoms with van der Waals surface area (Å²) in [6, 6.07) is 49.1. The summed E-state index contributed by atoms with van der Waals surface area (Å²) in [7, 11) is 0. The molecule has 7 aromatic carbocycles. The highest BCUT2D eigenvalue weighted by molar-refractivity contribution is 6.22. The molecule has 46 heavy (non-hydrogen) atoms. The summed E-state index contributed by atoms with van der Waals surface area (Å²) in [4.78, 5) is 4.78. The topological polar surface area (TPSA) is 44.1 Å². The second-order valence-electron chi connectivity index (χ2n) is 12.0. The van der Waals surface area contributed by atoms with Gasteiger partial charge in [0, 0.05) is 27.2 Å². The molecule has 0 bridgehead atoms. The van der Waals surface area contributed by atoms with E-state index in [9.17, 15) is 0 Å². The molecule has 0 N–H and O–H groups in total. The number of furan rings is 2. The minimum atomic E-state index is 0.850. The smallest absolute Gasteiger partial charge is 0.147 e. The maximum atomic E-state index is 6.54. The molecular weight excluding hydrogens is 564 g/mol. The Balaban J connectivity index is 1.13. The molecule has 0 radical (unpaired) electrons. The first-order valence-electron chi connectivity index (χ1n) is 15.5. The van der Waals surface area contributed by atoms with Gasteiger partial charge in [0.15, 0.2) is 0 Å². The van der Waals surface area contributed by atoms with Gasteiger partial charge in [0.05, 0.1) is 16.6 Å². The zero-order valence-electron chi connectivity index (χ0n) is 25.0. The van der Waals surface area contributed by atoms with Crippen molar-refractivity contribution >= 4 is 65.7 Å². The molecule has 216 valence electrons. The highest BCUT2D eigenvalue weighted by atomic mass is 16.3. The van der Waals surface area contributed by atoms with Gasteiger partial charge in [-0.05, 0) is 89.0 Å². The Morgan fingerprint density at radius 2 is 1.11 bits per heavy atom. The van der Waals surface area contributed by atoms with Crippen LogP contribution < -0.4 is 0 Å².